The molecule has 0 saturated heterocycles. The third-order valence-electron chi connectivity index (χ3n) is 2.42. The van der Waals surface area contributed by atoms with Gasteiger partial charge in [-0.05, 0) is 18.2 Å². The molecule has 1 N–H and O–H groups in total. The summed E-state index contributed by atoms with van der Waals surface area (Å²) < 4.78 is 0. The Balaban J connectivity index is 2.15. The largest absolute Gasteiger partial charge is 0.337 e. The summed E-state index contributed by atoms with van der Waals surface area (Å²) in [6, 6.07) is 9.77. The normalized spacial score (nSPS) is 10.8. The first-order chi connectivity index (χ1) is 7.83. The quantitative estimate of drug-likeness (QED) is 0.628. The second-order valence-corrected chi connectivity index (χ2v) is 4.04. The zero-order valence-electron chi connectivity index (χ0n) is 8.38. The summed E-state index contributed by atoms with van der Waals surface area (Å²) in [5.74, 6) is 0.858. The third-order valence-corrected chi connectivity index (χ3v) is 2.72. The topological polar surface area (TPSA) is 41.6 Å². The van der Waals surface area contributed by atoms with E-state index < -0.39 is 0 Å². The van der Waals surface area contributed by atoms with Crippen LogP contribution in [-0.2, 0) is 0 Å². The molecule has 0 radical (unpaired) electrons. The first kappa shape index (κ1) is 9.42. The van der Waals surface area contributed by atoms with E-state index in [0.29, 0.717) is 0 Å². The molecule has 16 heavy (non-hydrogen) atoms. The molecule has 0 bridgehead atoms. The number of nitrogens with zero attached hydrogens (tertiary/aromatic N) is 2. The smallest absolute Gasteiger partial charge is 0.138 e. The number of hydrogen-bond acceptors (Lipinski definition) is 3. The minimum absolute atomic E-state index is 0.858. The molecular formula is C12H9N3S. The lowest BCUT2D eigenvalue weighted by Crippen LogP contribution is -1.79. The van der Waals surface area contributed by atoms with E-state index >= 15 is 0 Å². The van der Waals surface area contributed by atoms with E-state index in [-0.39, 0.29) is 0 Å². The van der Waals surface area contributed by atoms with Crippen molar-refractivity contribution in [1.29, 1.82) is 0 Å². The van der Waals surface area contributed by atoms with Gasteiger partial charge in [0.1, 0.15) is 5.82 Å². The number of hydrogen-bond donors (Lipinski definition) is 2. The van der Waals surface area contributed by atoms with Crippen molar-refractivity contribution in [1.82, 2.24) is 15.0 Å². The summed E-state index contributed by atoms with van der Waals surface area (Å²) in [5.41, 5.74) is 2.93. The van der Waals surface area contributed by atoms with Crippen LogP contribution in [0.25, 0.3) is 22.4 Å². The van der Waals surface area contributed by atoms with E-state index in [9.17, 15) is 0 Å². The first-order valence-electron chi connectivity index (χ1n) is 4.92. The van der Waals surface area contributed by atoms with Crippen molar-refractivity contribution in [2.75, 3.05) is 0 Å². The van der Waals surface area contributed by atoms with Crippen molar-refractivity contribution in [3.05, 3.63) is 42.7 Å². The molecule has 2 heterocycles. The Bertz CT molecular complexity index is 595. The van der Waals surface area contributed by atoms with Crippen LogP contribution in [-0.4, -0.2) is 15.0 Å². The fraction of sp³-hybridized carbons (Fsp3) is 0. The number of fused-ring (bicyclic) bond motifs is 1. The molecule has 3 rings (SSSR count). The van der Waals surface area contributed by atoms with Gasteiger partial charge in [-0.1, -0.05) is 12.1 Å². The van der Waals surface area contributed by atoms with Gasteiger partial charge in [0, 0.05) is 16.7 Å². The number of aromatic nitrogens is 3. The highest BCUT2D eigenvalue weighted by Gasteiger charge is 2.04. The molecule has 0 atom stereocenters. The lowest BCUT2D eigenvalue weighted by molar-refractivity contribution is 1.32. The highest BCUT2D eigenvalue weighted by atomic mass is 32.1. The van der Waals surface area contributed by atoms with Crippen LogP contribution in [0, 0.1) is 0 Å². The van der Waals surface area contributed by atoms with Crippen molar-refractivity contribution in [3.63, 3.8) is 0 Å². The predicted octanol–water partition coefficient (Wildman–Crippen LogP) is 2.91. The maximum Gasteiger partial charge on any atom is 0.138 e. The van der Waals surface area contributed by atoms with Crippen molar-refractivity contribution < 1.29 is 0 Å². The van der Waals surface area contributed by atoms with Gasteiger partial charge in [-0.15, -0.1) is 12.6 Å². The van der Waals surface area contributed by atoms with E-state index in [4.69, 9.17) is 0 Å². The highest BCUT2D eigenvalue weighted by molar-refractivity contribution is 7.80. The standard InChI is InChI=1S/C12H9N3S/c16-9-3-1-8(2-4-9)12-14-10-5-6-13-7-11(10)15-12/h1-7,16H,(H,14,15). The summed E-state index contributed by atoms with van der Waals surface area (Å²) in [4.78, 5) is 12.7. The van der Waals surface area contributed by atoms with Gasteiger partial charge in [0.05, 0.1) is 17.2 Å². The molecule has 0 aliphatic heterocycles. The zero-order valence-corrected chi connectivity index (χ0v) is 9.28. The van der Waals surface area contributed by atoms with Crippen LogP contribution in [0.15, 0.2) is 47.6 Å². The minimum Gasteiger partial charge on any atom is -0.337 e. The molecule has 4 heteroatoms. The molecule has 3 aromatic rings. The van der Waals surface area contributed by atoms with Crippen LogP contribution in [0.1, 0.15) is 0 Å². The third kappa shape index (κ3) is 1.57. The number of rotatable bonds is 1. The Morgan fingerprint density at radius 2 is 1.88 bits per heavy atom. The maximum atomic E-state index is 4.49. The summed E-state index contributed by atoms with van der Waals surface area (Å²) >= 11 is 4.25. The Labute approximate surface area is 98.0 Å². The number of H-pyrrole nitrogens is 1. The number of imidazole rings is 1. The van der Waals surface area contributed by atoms with E-state index in [1.54, 1.807) is 12.4 Å². The average molecular weight is 227 g/mol. The zero-order chi connectivity index (χ0) is 11.0. The van der Waals surface area contributed by atoms with E-state index in [0.717, 1.165) is 27.3 Å². The van der Waals surface area contributed by atoms with Crippen LogP contribution in [0.5, 0.6) is 0 Å². The number of pyridine rings is 1. The van der Waals surface area contributed by atoms with Crippen molar-refractivity contribution in [2.24, 2.45) is 0 Å². The fourth-order valence-corrected chi connectivity index (χ4v) is 1.76. The molecular weight excluding hydrogens is 218 g/mol. The average Bonchev–Trinajstić information content (AvgIpc) is 2.73. The van der Waals surface area contributed by atoms with Crippen LogP contribution in [0.2, 0.25) is 0 Å². The Morgan fingerprint density at radius 3 is 2.62 bits per heavy atom. The Kier molecular flexibility index (Phi) is 2.15. The molecule has 0 amide bonds. The van der Waals surface area contributed by atoms with Gasteiger partial charge in [0.2, 0.25) is 0 Å². The van der Waals surface area contributed by atoms with Crippen molar-refractivity contribution in [2.45, 2.75) is 4.90 Å². The lowest BCUT2D eigenvalue weighted by atomic mass is 10.2. The molecule has 0 saturated carbocycles. The summed E-state index contributed by atoms with van der Waals surface area (Å²) in [6.07, 6.45) is 3.52. The van der Waals surface area contributed by atoms with Crippen LogP contribution < -0.4 is 0 Å². The fourth-order valence-electron chi connectivity index (χ4n) is 1.61. The summed E-state index contributed by atoms with van der Waals surface area (Å²) in [5, 5.41) is 0. The van der Waals surface area contributed by atoms with Gasteiger partial charge in [-0.25, -0.2) is 4.98 Å². The van der Waals surface area contributed by atoms with Crippen molar-refractivity contribution >= 4 is 23.7 Å². The predicted molar refractivity (Wildman–Crippen MR) is 66.6 cm³/mol. The van der Waals surface area contributed by atoms with E-state index in [1.165, 1.54) is 0 Å². The lowest BCUT2D eigenvalue weighted by Gasteiger charge is -1.96. The molecule has 0 aliphatic carbocycles. The number of thiol groups is 1. The number of benzene rings is 1. The molecule has 1 aromatic carbocycles. The molecule has 2 aromatic heterocycles. The van der Waals surface area contributed by atoms with Gasteiger partial charge < -0.3 is 4.98 Å². The van der Waals surface area contributed by atoms with Crippen molar-refractivity contribution in [3.8, 4) is 11.4 Å². The van der Waals surface area contributed by atoms with Gasteiger partial charge in [0.25, 0.3) is 0 Å². The van der Waals surface area contributed by atoms with Gasteiger partial charge in [-0.2, -0.15) is 0 Å². The molecule has 3 nitrogen and oxygen atoms in total. The Morgan fingerprint density at radius 1 is 1.06 bits per heavy atom. The molecule has 0 unspecified atom stereocenters. The molecule has 0 aliphatic rings. The van der Waals surface area contributed by atoms with Gasteiger partial charge in [-0.3, -0.25) is 4.98 Å². The van der Waals surface area contributed by atoms with Crippen LogP contribution in [0.3, 0.4) is 0 Å². The molecule has 0 spiro atoms. The highest BCUT2D eigenvalue weighted by Crippen LogP contribution is 2.20. The van der Waals surface area contributed by atoms with E-state index in [2.05, 4.69) is 27.6 Å². The monoisotopic (exact) mass is 227 g/mol. The second-order valence-electron chi connectivity index (χ2n) is 3.53. The Hall–Kier alpha value is -1.81. The first-order valence-corrected chi connectivity index (χ1v) is 5.37. The molecule has 78 valence electrons. The van der Waals surface area contributed by atoms with E-state index in [1.807, 2.05) is 30.3 Å². The van der Waals surface area contributed by atoms with Gasteiger partial charge in [0.15, 0.2) is 0 Å². The van der Waals surface area contributed by atoms with Crippen LogP contribution in [0.4, 0.5) is 0 Å². The second kappa shape index (κ2) is 3.64. The summed E-state index contributed by atoms with van der Waals surface area (Å²) in [7, 11) is 0. The SMILES string of the molecule is Sc1ccc(-c2nc3ccncc3[nH]2)cc1. The number of aromatic amines is 1. The minimum atomic E-state index is 0.858. The summed E-state index contributed by atoms with van der Waals surface area (Å²) in [6.45, 7) is 0. The number of nitrogens with one attached hydrogen (secondary N) is 1. The van der Waals surface area contributed by atoms with Gasteiger partial charge >= 0.3 is 0 Å². The molecule has 0 fully saturated rings. The van der Waals surface area contributed by atoms with Crippen LogP contribution >= 0.6 is 12.6 Å². The maximum absolute atomic E-state index is 4.49.